The van der Waals surface area contributed by atoms with E-state index < -0.39 is 40.7 Å². The SMILES string of the molecule is Cn1c(C(F)(F)F)cc(=O)n(-c2cc(NC(=O)N3CCCCCC3)c(Br)cc2F)c1=O. The number of rotatable bonds is 2. The minimum atomic E-state index is -4.93. The second kappa shape index (κ2) is 8.85. The molecule has 1 fully saturated rings. The highest BCUT2D eigenvalue weighted by molar-refractivity contribution is 9.10. The van der Waals surface area contributed by atoms with Crippen LogP contribution in [0.3, 0.4) is 0 Å². The minimum absolute atomic E-state index is 0.0690. The van der Waals surface area contributed by atoms with Gasteiger partial charge in [-0.15, -0.1) is 0 Å². The molecule has 1 aliphatic heterocycles. The van der Waals surface area contributed by atoms with Gasteiger partial charge in [-0.1, -0.05) is 12.8 Å². The van der Waals surface area contributed by atoms with Crippen LogP contribution in [0.25, 0.3) is 5.69 Å². The van der Waals surface area contributed by atoms with Crippen LogP contribution >= 0.6 is 15.9 Å². The van der Waals surface area contributed by atoms with Crippen molar-refractivity contribution in [3.8, 4) is 5.69 Å². The molecule has 0 atom stereocenters. The number of hydrogen-bond acceptors (Lipinski definition) is 3. The smallest absolute Gasteiger partial charge is 0.325 e. The van der Waals surface area contributed by atoms with E-state index in [9.17, 15) is 31.9 Å². The van der Waals surface area contributed by atoms with Gasteiger partial charge in [0, 0.05) is 30.7 Å². The number of alkyl halides is 3. The van der Waals surface area contributed by atoms with Crippen LogP contribution in [0.15, 0.2) is 32.3 Å². The molecule has 2 amide bonds. The van der Waals surface area contributed by atoms with Crippen molar-refractivity contribution in [3.63, 3.8) is 0 Å². The van der Waals surface area contributed by atoms with Crippen molar-refractivity contribution in [2.45, 2.75) is 31.9 Å². The van der Waals surface area contributed by atoms with E-state index in [0.717, 1.165) is 44.9 Å². The normalized spacial score (nSPS) is 15.0. The molecule has 1 aromatic carbocycles. The molecule has 2 aromatic rings. The van der Waals surface area contributed by atoms with Gasteiger partial charge in [-0.25, -0.2) is 18.5 Å². The van der Waals surface area contributed by atoms with E-state index in [-0.39, 0.29) is 20.8 Å². The first kappa shape index (κ1) is 23.0. The Kier molecular flexibility index (Phi) is 6.58. The first-order valence-electron chi connectivity index (χ1n) is 9.46. The van der Waals surface area contributed by atoms with Crippen molar-refractivity contribution in [2.24, 2.45) is 7.05 Å². The summed E-state index contributed by atoms with van der Waals surface area (Å²) < 4.78 is 54.4. The molecule has 0 saturated carbocycles. The van der Waals surface area contributed by atoms with Crippen LogP contribution in [0.4, 0.5) is 28.0 Å². The zero-order valence-corrected chi connectivity index (χ0v) is 18.0. The Labute approximate surface area is 182 Å². The molecule has 7 nitrogen and oxygen atoms in total. The molecule has 2 heterocycles. The summed E-state index contributed by atoms with van der Waals surface area (Å²) >= 11 is 3.12. The third kappa shape index (κ3) is 4.83. The molecule has 0 bridgehead atoms. The number of amides is 2. The summed E-state index contributed by atoms with van der Waals surface area (Å²) in [5, 5.41) is 2.60. The molecule has 168 valence electrons. The maximum absolute atomic E-state index is 14.6. The number of nitrogens with zero attached hydrogens (tertiary/aromatic N) is 3. The predicted molar refractivity (Wildman–Crippen MR) is 109 cm³/mol. The van der Waals surface area contributed by atoms with Gasteiger partial charge in [0.05, 0.1) is 11.4 Å². The number of likely N-dealkylation sites (tertiary alicyclic amines) is 1. The minimum Gasteiger partial charge on any atom is -0.325 e. The van der Waals surface area contributed by atoms with E-state index in [0.29, 0.717) is 17.7 Å². The van der Waals surface area contributed by atoms with E-state index in [1.807, 2.05) is 0 Å². The third-order valence-electron chi connectivity index (χ3n) is 5.02. The van der Waals surface area contributed by atoms with Gasteiger partial charge >= 0.3 is 17.9 Å². The molecule has 0 unspecified atom stereocenters. The van der Waals surface area contributed by atoms with Crippen LogP contribution < -0.4 is 16.6 Å². The summed E-state index contributed by atoms with van der Waals surface area (Å²) in [5.41, 5.74) is -4.67. The highest BCUT2D eigenvalue weighted by Crippen LogP contribution is 2.29. The monoisotopic (exact) mass is 506 g/mol. The molecule has 1 saturated heterocycles. The van der Waals surface area contributed by atoms with Crippen molar-refractivity contribution in [3.05, 3.63) is 55.0 Å². The summed E-state index contributed by atoms with van der Waals surface area (Å²) in [5.74, 6) is -1.03. The van der Waals surface area contributed by atoms with Gasteiger partial charge in [-0.2, -0.15) is 13.2 Å². The van der Waals surface area contributed by atoms with Gasteiger partial charge in [0.25, 0.3) is 5.56 Å². The van der Waals surface area contributed by atoms with Gasteiger partial charge in [-0.05, 0) is 40.9 Å². The molecule has 0 radical (unpaired) electrons. The van der Waals surface area contributed by atoms with E-state index in [2.05, 4.69) is 21.2 Å². The standard InChI is InChI=1S/C19H19BrF4N4O3/c1-26-15(19(22,23)24)10-16(29)28(18(26)31)14-9-13(11(20)8-12(14)21)25-17(30)27-6-4-2-3-5-7-27/h8-10H,2-7H2,1H3,(H,25,30). The molecule has 1 aliphatic rings. The van der Waals surface area contributed by atoms with Crippen molar-refractivity contribution in [1.29, 1.82) is 0 Å². The lowest BCUT2D eigenvalue weighted by Crippen LogP contribution is -2.41. The Morgan fingerprint density at radius 1 is 1.06 bits per heavy atom. The summed E-state index contributed by atoms with van der Waals surface area (Å²) in [7, 11) is 0.833. The van der Waals surface area contributed by atoms with E-state index in [4.69, 9.17) is 0 Å². The van der Waals surface area contributed by atoms with Gasteiger partial charge in [-0.3, -0.25) is 9.36 Å². The van der Waals surface area contributed by atoms with Crippen molar-refractivity contribution in [2.75, 3.05) is 18.4 Å². The molecule has 31 heavy (non-hydrogen) atoms. The van der Waals surface area contributed by atoms with Crippen LogP contribution in [-0.2, 0) is 13.2 Å². The maximum atomic E-state index is 14.6. The highest BCUT2D eigenvalue weighted by atomic mass is 79.9. The average Bonchev–Trinajstić information content (AvgIpc) is 2.96. The molecule has 0 spiro atoms. The highest BCUT2D eigenvalue weighted by Gasteiger charge is 2.35. The summed E-state index contributed by atoms with van der Waals surface area (Å²) in [6.45, 7) is 1.10. The second-order valence-electron chi connectivity index (χ2n) is 7.16. The fourth-order valence-corrected chi connectivity index (χ4v) is 3.81. The maximum Gasteiger partial charge on any atom is 0.431 e. The number of carbonyl (C=O) groups is 1. The first-order chi connectivity index (χ1) is 14.5. The Balaban J connectivity index is 2.04. The van der Waals surface area contributed by atoms with Gasteiger partial charge in [0.2, 0.25) is 0 Å². The molecule has 0 aliphatic carbocycles. The lowest BCUT2D eigenvalue weighted by Gasteiger charge is -2.21. The Hall–Kier alpha value is -2.63. The number of hydrogen-bond donors (Lipinski definition) is 1. The Morgan fingerprint density at radius 2 is 1.68 bits per heavy atom. The largest absolute Gasteiger partial charge is 0.431 e. The summed E-state index contributed by atoms with van der Waals surface area (Å²) in [6.07, 6.45) is -1.22. The zero-order valence-electron chi connectivity index (χ0n) is 16.4. The number of halogens is 5. The van der Waals surface area contributed by atoms with Crippen LogP contribution in [-0.4, -0.2) is 33.2 Å². The topological polar surface area (TPSA) is 76.3 Å². The summed E-state index contributed by atoms with van der Waals surface area (Å²) in [6, 6.07) is 1.74. The zero-order chi connectivity index (χ0) is 22.9. The van der Waals surface area contributed by atoms with Crippen LogP contribution in [0, 0.1) is 5.82 Å². The van der Waals surface area contributed by atoms with Gasteiger partial charge < -0.3 is 10.2 Å². The fraction of sp³-hybridized carbons (Fsp3) is 0.421. The number of carbonyl (C=O) groups excluding carboxylic acids is 1. The van der Waals surface area contributed by atoms with E-state index in [1.54, 1.807) is 4.90 Å². The van der Waals surface area contributed by atoms with E-state index in [1.165, 1.54) is 0 Å². The number of nitrogens with one attached hydrogen (secondary N) is 1. The van der Waals surface area contributed by atoms with Crippen LogP contribution in [0.1, 0.15) is 31.4 Å². The molecule has 1 N–H and O–H groups in total. The van der Waals surface area contributed by atoms with Crippen molar-refractivity contribution in [1.82, 2.24) is 14.0 Å². The second-order valence-corrected chi connectivity index (χ2v) is 8.01. The molecule has 3 rings (SSSR count). The average molecular weight is 507 g/mol. The fourth-order valence-electron chi connectivity index (χ4n) is 3.39. The lowest BCUT2D eigenvalue weighted by molar-refractivity contribution is -0.144. The third-order valence-corrected chi connectivity index (χ3v) is 5.68. The predicted octanol–water partition coefficient (Wildman–Crippen LogP) is 3.86. The summed E-state index contributed by atoms with van der Waals surface area (Å²) in [4.78, 5) is 38.9. The first-order valence-corrected chi connectivity index (χ1v) is 10.3. The van der Waals surface area contributed by atoms with Gasteiger partial charge in [0.15, 0.2) is 0 Å². The molecule has 1 aromatic heterocycles. The molecular formula is C19H19BrF4N4O3. The number of anilines is 1. The van der Waals surface area contributed by atoms with Crippen LogP contribution in [0.2, 0.25) is 0 Å². The van der Waals surface area contributed by atoms with Crippen molar-refractivity contribution >= 4 is 27.6 Å². The van der Waals surface area contributed by atoms with Crippen molar-refractivity contribution < 1.29 is 22.4 Å². The number of benzene rings is 1. The number of aromatic nitrogens is 2. The number of urea groups is 1. The molecule has 12 heteroatoms. The van der Waals surface area contributed by atoms with Gasteiger partial charge in [0.1, 0.15) is 11.5 Å². The van der Waals surface area contributed by atoms with Crippen LogP contribution in [0.5, 0.6) is 0 Å². The lowest BCUT2D eigenvalue weighted by atomic mass is 10.2. The Bertz CT molecular complexity index is 1120. The quantitative estimate of drug-likeness (QED) is 0.628. The Morgan fingerprint density at radius 3 is 2.26 bits per heavy atom. The molecular weight excluding hydrogens is 488 g/mol. The van der Waals surface area contributed by atoms with E-state index >= 15 is 0 Å².